The largest absolute Gasteiger partial charge is 0.504 e. The van der Waals surface area contributed by atoms with Crippen molar-refractivity contribution in [2.45, 2.75) is 38.4 Å². The molecule has 0 aromatic heterocycles. The van der Waals surface area contributed by atoms with E-state index in [0.717, 1.165) is 33.9 Å². The van der Waals surface area contributed by atoms with Crippen LogP contribution in [-0.4, -0.2) is 24.9 Å². The molecule has 5 nitrogen and oxygen atoms in total. The maximum absolute atomic E-state index is 10.4. The Bertz CT molecular complexity index is 856. The second kappa shape index (κ2) is 5.22. The van der Waals surface area contributed by atoms with E-state index in [2.05, 4.69) is 0 Å². The first-order valence-corrected chi connectivity index (χ1v) is 8.31. The number of hydrogen-bond acceptors (Lipinski definition) is 5. The summed E-state index contributed by atoms with van der Waals surface area (Å²) in [4.78, 5) is 0. The lowest BCUT2D eigenvalue weighted by atomic mass is 9.76. The normalized spacial score (nSPS) is 22.1. The van der Waals surface area contributed by atoms with Gasteiger partial charge in [0.25, 0.3) is 0 Å². The van der Waals surface area contributed by atoms with Gasteiger partial charge < -0.3 is 24.1 Å². The Morgan fingerprint density at radius 1 is 1.08 bits per heavy atom. The molecule has 4 rings (SSSR count). The number of hydrogen-bond donors (Lipinski definition) is 1. The molecule has 5 heteroatoms. The van der Waals surface area contributed by atoms with Crippen LogP contribution in [0.5, 0.6) is 28.7 Å². The van der Waals surface area contributed by atoms with Gasteiger partial charge in [0, 0.05) is 28.8 Å². The maximum atomic E-state index is 10.4. The van der Waals surface area contributed by atoms with Crippen molar-refractivity contribution in [1.82, 2.24) is 0 Å². The van der Waals surface area contributed by atoms with Crippen molar-refractivity contribution in [3.63, 3.8) is 0 Å². The predicted octanol–water partition coefficient (Wildman–Crippen LogP) is 4.11. The minimum atomic E-state index is -0.499. The molecule has 25 heavy (non-hydrogen) atoms. The Morgan fingerprint density at radius 2 is 1.84 bits per heavy atom. The monoisotopic (exact) mass is 342 g/mol. The van der Waals surface area contributed by atoms with Crippen LogP contribution in [-0.2, 0) is 0 Å². The number of phenolic OH excluding ortho intramolecular Hbond substituents is 1. The quantitative estimate of drug-likeness (QED) is 0.890. The highest BCUT2D eigenvalue weighted by atomic mass is 16.5. The van der Waals surface area contributed by atoms with E-state index < -0.39 is 5.60 Å². The van der Waals surface area contributed by atoms with E-state index in [4.69, 9.17) is 18.9 Å². The van der Waals surface area contributed by atoms with Gasteiger partial charge in [0.2, 0.25) is 0 Å². The van der Waals surface area contributed by atoms with E-state index in [0.29, 0.717) is 5.75 Å². The van der Waals surface area contributed by atoms with Gasteiger partial charge in [-0.05, 0) is 32.9 Å². The van der Waals surface area contributed by atoms with E-state index in [1.54, 1.807) is 13.2 Å². The van der Waals surface area contributed by atoms with Crippen LogP contribution in [0.3, 0.4) is 0 Å². The highest BCUT2D eigenvalue weighted by Crippen LogP contribution is 2.60. The molecule has 1 N–H and O–H groups in total. The number of fused-ring (bicyclic) bond motifs is 5. The molecule has 0 bridgehead atoms. The van der Waals surface area contributed by atoms with Crippen molar-refractivity contribution in [2.24, 2.45) is 0 Å². The Morgan fingerprint density at radius 3 is 2.52 bits per heavy atom. The molecule has 0 saturated carbocycles. The van der Waals surface area contributed by atoms with E-state index in [1.165, 1.54) is 7.11 Å². The molecule has 2 aliphatic heterocycles. The Balaban J connectivity index is 1.90. The fourth-order valence-corrected chi connectivity index (χ4v) is 4.03. The average molecular weight is 342 g/mol. The third-order valence-electron chi connectivity index (χ3n) is 5.26. The molecule has 0 spiro atoms. The summed E-state index contributed by atoms with van der Waals surface area (Å²) in [6.07, 6.45) is -0.176. The standard InChI is InChI=1S/C20H22O5/c1-10-16-14(9-15(23-5)18(10)21)24-19-12-7-6-11(22-4)8-13(12)25-20(2,3)17(16)19/h6-9,17,19,21H,1-5H3. The van der Waals surface area contributed by atoms with Crippen LogP contribution in [0.25, 0.3) is 0 Å². The fourth-order valence-electron chi connectivity index (χ4n) is 4.03. The number of rotatable bonds is 2. The van der Waals surface area contributed by atoms with Gasteiger partial charge in [0.05, 0.1) is 20.1 Å². The second-order valence-electron chi connectivity index (χ2n) is 7.09. The lowest BCUT2D eigenvalue weighted by Gasteiger charge is -2.41. The van der Waals surface area contributed by atoms with Crippen molar-refractivity contribution in [2.75, 3.05) is 14.2 Å². The fraction of sp³-hybridized carbons (Fsp3) is 0.400. The first-order chi connectivity index (χ1) is 11.9. The topological polar surface area (TPSA) is 57.2 Å². The van der Waals surface area contributed by atoms with Gasteiger partial charge in [0.1, 0.15) is 29.0 Å². The summed E-state index contributed by atoms with van der Waals surface area (Å²) in [5.74, 6) is 2.80. The molecule has 0 aliphatic carbocycles. The van der Waals surface area contributed by atoms with Gasteiger partial charge in [-0.15, -0.1) is 0 Å². The van der Waals surface area contributed by atoms with Gasteiger partial charge in [-0.1, -0.05) is 0 Å². The molecular formula is C20H22O5. The van der Waals surface area contributed by atoms with Gasteiger partial charge in [-0.3, -0.25) is 0 Å². The number of phenols is 1. The molecule has 2 aromatic rings. The van der Waals surface area contributed by atoms with Crippen molar-refractivity contribution in [1.29, 1.82) is 0 Å². The minimum absolute atomic E-state index is 0.0276. The van der Waals surface area contributed by atoms with Crippen LogP contribution < -0.4 is 18.9 Å². The molecule has 0 radical (unpaired) electrons. The zero-order chi connectivity index (χ0) is 17.9. The zero-order valence-electron chi connectivity index (χ0n) is 15.0. The Kier molecular flexibility index (Phi) is 3.33. The van der Waals surface area contributed by atoms with Crippen molar-refractivity contribution < 1.29 is 24.1 Å². The summed E-state index contributed by atoms with van der Waals surface area (Å²) >= 11 is 0. The second-order valence-corrected chi connectivity index (χ2v) is 7.09. The summed E-state index contributed by atoms with van der Waals surface area (Å²) in [7, 11) is 3.18. The molecule has 0 fully saturated rings. The van der Waals surface area contributed by atoms with E-state index in [1.807, 2.05) is 39.0 Å². The van der Waals surface area contributed by atoms with Crippen LogP contribution >= 0.6 is 0 Å². The SMILES string of the molecule is COc1ccc2c(c1)OC(C)(C)C1c3c(cc(OC)c(O)c3C)OC21. The minimum Gasteiger partial charge on any atom is -0.504 e. The van der Waals surface area contributed by atoms with Crippen molar-refractivity contribution >= 4 is 0 Å². The number of methoxy groups -OCH3 is 2. The molecule has 132 valence electrons. The van der Waals surface area contributed by atoms with E-state index >= 15 is 0 Å². The lowest BCUT2D eigenvalue weighted by Crippen LogP contribution is -2.42. The number of benzene rings is 2. The van der Waals surface area contributed by atoms with Gasteiger partial charge in [-0.25, -0.2) is 0 Å². The third-order valence-corrected chi connectivity index (χ3v) is 5.26. The number of aromatic hydroxyl groups is 1. The molecule has 0 amide bonds. The maximum Gasteiger partial charge on any atom is 0.164 e. The van der Waals surface area contributed by atoms with Crippen LogP contribution in [0.15, 0.2) is 24.3 Å². The molecule has 0 saturated heterocycles. The summed E-state index contributed by atoms with van der Waals surface area (Å²) in [6.45, 7) is 5.99. The van der Waals surface area contributed by atoms with Gasteiger partial charge in [-0.2, -0.15) is 0 Å². The van der Waals surface area contributed by atoms with Crippen LogP contribution in [0.2, 0.25) is 0 Å². The predicted molar refractivity (Wildman–Crippen MR) is 93.2 cm³/mol. The highest BCUT2D eigenvalue weighted by molar-refractivity contribution is 5.62. The molecule has 2 aromatic carbocycles. The highest BCUT2D eigenvalue weighted by Gasteiger charge is 2.52. The molecular weight excluding hydrogens is 320 g/mol. The molecule has 2 unspecified atom stereocenters. The summed E-state index contributed by atoms with van der Waals surface area (Å²) < 4.78 is 23.2. The zero-order valence-corrected chi connectivity index (χ0v) is 15.0. The Hall–Kier alpha value is -2.56. The third kappa shape index (κ3) is 2.15. The van der Waals surface area contributed by atoms with Crippen LogP contribution in [0, 0.1) is 6.92 Å². The number of ether oxygens (including phenoxy) is 4. The average Bonchev–Trinajstić information content (AvgIpc) is 2.98. The smallest absolute Gasteiger partial charge is 0.164 e. The molecule has 2 aliphatic rings. The van der Waals surface area contributed by atoms with E-state index in [9.17, 15) is 5.11 Å². The van der Waals surface area contributed by atoms with E-state index in [-0.39, 0.29) is 17.8 Å². The van der Waals surface area contributed by atoms with Gasteiger partial charge >= 0.3 is 0 Å². The van der Waals surface area contributed by atoms with Crippen LogP contribution in [0.4, 0.5) is 0 Å². The Labute approximate surface area is 147 Å². The summed E-state index contributed by atoms with van der Waals surface area (Å²) in [5, 5.41) is 10.4. The molecule has 2 atom stereocenters. The lowest BCUT2D eigenvalue weighted by molar-refractivity contribution is 0.0126. The first-order valence-electron chi connectivity index (χ1n) is 8.31. The molecule has 2 heterocycles. The first kappa shape index (κ1) is 15.9. The van der Waals surface area contributed by atoms with Crippen molar-refractivity contribution in [3.8, 4) is 28.7 Å². The summed E-state index contributed by atoms with van der Waals surface area (Å²) in [5.41, 5.74) is 2.24. The van der Waals surface area contributed by atoms with Gasteiger partial charge in [0.15, 0.2) is 11.5 Å². The van der Waals surface area contributed by atoms with Crippen LogP contribution in [0.1, 0.15) is 42.6 Å². The van der Waals surface area contributed by atoms with Crippen molar-refractivity contribution in [3.05, 3.63) is 41.0 Å². The summed E-state index contributed by atoms with van der Waals surface area (Å²) in [6, 6.07) is 7.55.